The summed E-state index contributed by atoms with van der Waals surface area (Å²) in [7, 11) is 0. The Kier molecular flexibility index (Phi) is 5.35. The van der Waals surface area contributed by atoms with Crippen LogP contribution in [0.1, 0.15) is 37.6 Å². The Bertz CT molecular complexity index is 398. The van der Waals surface area contributed by atoms with Crippen molar-refractivity contribution in [1.29, 1.82) is 0 Å². The quantitative estimate of drug-likeness (QED) is 0.832. The van der Waals surface area contributed by atoms with E-state index in [1.807, 2.05) is 6.92 Å². The molecule has 0 aromatic carbocycles. The lowest BCUT2D eigenvalue weighted by Crippen LogP contribution is -2.37. The van der Waals surface area contributed by atoms with E-state index in [0.29, 0.717) is 19.5 Å². The van der Waals surface area contributed by atoms with E-state index in [1.54, 1.807) is 11.3 Å². The number of hydrogen-bond acceptors (Lipinski definition) is 3. The van der Waals surface area contributed by atoms with Gasteiger partial charge in [-0.1, -0.05) is 20.8 Å². The Hall–Kier alpha value is -0.870. The molecular formula is C14H24N2OS. The van der Waals surface area contributed by atoms with Crippen molar-refractivity contribution in [1.82, 2.24) is 5.32 Å². The SMILES string of the molecule is Cc1ccsc1C(C)(C)CNC(=O)CC(C)CN. The summed E-state index contributed by atoms with van der Waals surface area (Å²) in [4.78, 5) is 13.1. The first-order valence-corrected chi connectivity index (χ1v) is 7.26. The van der Waals surface area contributed by atoms with E-state index in [2.05, 4.69) is 37.5 Å². The zero-order valence-corrected chi connectivity index (χ0v) is 12.6. The summed E-state index contributed by atoms with van der Waals surface area (Å²) in [6.45, 7) is 9.67. The molecule has 3 N–H and O–H groups in total. The molecule has 1 aromatic rings. The number of nitrogens with two attached hydrogens (primary N) is 1. The maximum Gasteiger partial charge on any atom is 0.220 e. The van der Waals surface area contributed by atoms with E-state index in [-0.39, 0.29) is 17.2 Å². The van der Waals surface area contributed by atoms with Gasteiger partial charge in [-0.25, -0.2) is 0 Å². The molecule has 18 heavy (non-hydrogen) atoms. The number of nitrogens with one attached hydrogen (secondary N) is 1. The second-order valence-electron chi connectivity index (χ2n) is 5.64. The fraction of sp³-hybridized carbons (Fsp3) is 0.643. The third-order valence-electron chi connectivity index (χ3n) is 3.14. The summed E-state index contributed by atoms with van der Waals surface area (Å²) in [5, 5.41) is 5.12. The van der Waals surface area contributed by atoms with Gasteiger partial charge in [0, 0.05) is 23.3 Å². The monoisotopic (exact) mass is 268 g/mol. The van der Waals surface area contributed by atoms with Crippen molar-refractivity contribution in [2.24, 2.45) is 11.7 Å². The number of carbonyl (C=O) groups excluding carboxylic acids is 1. The maximum atomic E-state index is 11.8. The van der Waals surface area contributed by atoms with Crippen molar-refractivity contribution in [2.45, 2.75) is 39.5 Å². The van der Waals surface area contributed by atoms with E-state index < -0.39 is 0 Å². The van der Waals surface area contributed by atoms with Crippen molar-refractivity contribution in [3.8, 4) is 0 Å². The first-order chi connectivity index (χ1) is 8.36. The molecule has 1 rings (SSSR count). The van der Waals surface area contributed by atoms with E-state index in [1.165, 1.54) is 10.4 Å². The molecule has 0 saturated carbocycles. The molecular weight excluding hydrogens is 244 g/mol. The third-order valence-corrected chi connectivity index (χ3v) is 4.52. The second kappa shape index (κ2) is 6.34. The fourth-order valence-corrected chi connectivity index (χ4v) is 2.99. The second-order valence-corrected chi connectivity index (χ2v) is 6.55. The highest BCUT2D eigenvalue weighted by atomic mass is 32.1. The lowest BCUT2D eigenvalue weighted by atomic mass is 9.89. The summed E-state index contributed by atoms with van der Waals surface area (Å²) in [6, 6.07) is 2.13. The number of carbonyl (C=O) groups is 1. The molecule has 102 valence electrons. The molecule has 3 nitrogen and oxygen atoms in total. The molecule has 1 atom stereocenters. The first-order valence-electron chi connectivity index (χ1n) is 6.38. The van der Waals surface area contributed by atoms with Gasteiger partial charge in [-0.3, -0.25) is 4.79 Å². The van der Waals surface area contributed by atoms with Crippen LogP contribution in [0.3, 0.4) is 0 Å². The fourth-order valence-electron chi connectivity index (χ4n) is 1.94. The number of hydrogen-bond donors (Lipinski definition) is 2. The Morgan fingerprint density at radius 1 is 1.56 bits per heavy atom. The predicted molar refractivity (Wildman–Crippen MR) is 77.9 cm³/mol. The van der Waals surface area contributed by atoms with Crippen molar-refractivity contribution in [2.75, 3.05) is 13.1 Å². The summed E-state index contributed by atoms with van der Waals surface area (Å²) in [6.07, 6.45) is 0.510. The molecule has 1 aromatic heterocycles. The van der Waals surface area contributed by atoms with Gasteiger partial charge in [0.2, 0.25) is 5.91 Å². The first kappa shape index (κ1) is 15.2. The van der Waals surface area contributed by atoms with Gasteiger partial charge in [0.15, 0.2) is 0 Å². The van der Waals surface area contributed by atoms with Gasteiger partial charge in [-0.05, 0) is 36.4 Å². The Labute approximate surface area is 114 Å². The number of thiophene rings is 1. The molecule has 1 heterocycles. The highest BCUT2D eigenvalue weighted by Gasteiger charge is 2.24. The van der Waals surface area contributed by atoms with Crippen LogP contribution in [0.25, 0.3) is 0 Å². The number of amides is 1. The average molecular weight is 268 g/mol. The van der Waals surface area contributed by atoms with Crippen LogP contribution in [0.15, 0.2) is 11.4 Å². The van der Waals surface area contributed by atoms with Gasteiger partial charge in [0.1, 0.15) is 0 Å². The molecule has 0 radical (unpaired) electrons. The number of rotatable bonds is 6. The van der Waals surface area contributed by atoms with Crippen LogP contribution in [0.2, 0.25) is 0 Å². The van der Waals surface area contributed by atoms with E-state index in [0.717, 1.165) is 0 Å². The summed E-state index contributed by atoms with van der Waals surface area (Å²) < 4.78 is 0. The lowest BCUT2D eigenvalue weighted by molar-refractivity contribution is -0.122. The lowest BCUT2D eigenvalue weighted by Gasteiger charge is -2.25. The molecule has 1 unspecified atom stereocenters. The van der Waals surface area contributed by atoms with Gasteiger partial charge in [0.05, 0.1) is 0 Å². The third kappa shape index (κ3) is 4.10. The van der Waals surface area contributed by atoms with Crippen LogP contribution in [-0.4, -0.2) is 19.0 Å². The highest BCUT2D eigenvalue weighted by molar-refractivity contribution is 7.10. The standard InChI is InChI=1S/C14H24N2OS/c1-10(8-15)7-12(17)16-9-14(3,4)13-11(2)5-6-18-13/h5-6,10H,7-9,15H2,1-4H3,(H,16,17). The molecule has 0 aliphatic rings. The number of aryl methyl sites for hydroxylation is 1. The minimum absolute atomic E-state index is 0.0140. The van der Waals surface area contributed by atoms with Crippen molar-refractivity contribution in [3.63, 3.8) is 0 Å². The van der Waals surface area contributed by atoms with Crippen molar-refractivity contribution < 1.29 is 4.79 Å². The van der Waals surface area contributed by atoms with Crippen LogP contribution in [0.5, 0.6) is 0 Å². The van der Waals surface area contributed by atoms with Crippen LogP contribution in [0, 0.1) is 12.8 Å². The molecule has 0 bridgehead atoms. The largest absolute Gasteiger partial charge is 0.355 e. The minimum Gasteiger partial charge on any atom is -0.355 e. The topological polar surface area (TPSA) is 55.1 Å². The van der Waals surface area contributed by atoms with Crippen LogP contribution in [-0.2, 0) is 10.2 Å². The molecule has 4 heteroatoms. The molecule has 0 aliphatic carbocycles. The van der Waals surface area contributed by atoms with Gasteiger partial charge in [0.25, 0.3) is 0 Å². The van der Waals surface area contributed by atoms with Crippen molar-refractivity contribution >= 4 is 17.2 Å². The Morgan fingerprint density at radius 3 is 2.72 bits per heavy atom. The summed E-state index contributed by atoms with van der Waals surface area (Å²) >= 11 is 1.76. The van der Waals surface area contributed by atoms with Crippen LogP contribution >= 0.6 is 11.3 Å². The maximum absolute atomic E-state index is 11.8. The Balaban J connectivity index is 2.52. The smallest absolute Gasteiger partial charge is 0.220 e. The van der Waals surface area contributed by atoms with Gasteiger partial charge in [-0.2, -0.15) is 0 Å². The minimum atomic E-state index is -0.0140. The normalized spacial score (nSPS) is 13.4. The van der Waals surface area contributed by atoms with Crippen LogP contribution in [0.4, 0.5) is 0 Å². The zero-order valence-electron chi connectivity index (χ0n) is 11.7. The van der Waals surface area contributed by atoms with Gasteiger partial charge >= 0.3 is 0 Å². The van der Waals surface area contributed by atoms with E-state index in [4.69, 9.17) is 5.73 Å². The molecule has 0 fully saturated rings. The predicted octanol–water partition coefficient (Wildman–Crippen LogP) is 2.44. The highest BCUT2D eigenvalue weighted by Crippen LogP contribution is 2.30. The van der Waals surface area contributed by atoms with E-state index >= 15 is 0 Å². The van der Waals surface area contributed by atoms with Gasteiger partial charge < -0.3 is 11.1 Å². The van der Waals surface area contributed by atoms with E-state index in [9.17, 15) is 4.79 Å². The summed E-state index contributed by atoms with van der Waals surface area (Å²) in [5.41, 5.74) is 6.81. The van der Waals surface area contributed by atoms with Crippen molar-refractivity contribution in [3.05, 3.63) is 21.9 Å². The summed E-state index contributed by atoms with van der Waals surface area (Å²) in [5.74, 6) is 0.340. The molecule has 0 saturated heterocycles. The molecule has 0 spiro atoms. The molecule has 1 amide bonds. The Morgan fingerprint density at radius 2 is 2.22 bits per heavy atom. The average Bonchev–Trinajstić information content (AvgIpc) is 2.73. The molecule has 0 aliphatic heterocycles. The van der Waals surface area contributed by atoms with Gasteiger partial charge in [-0.15, -0.1) is 11.3 Å². The zero-order chi connectivity index (χ0) is 13.8. The van der Waals surface area contributed by atoms with Crippen LogP contribution < -0.4 is 11.1 Å².